The molecule has 1 aromatic rings. The third-order valence-corrected chi connectivity index (χ3v) is 3.80. The highest BCUT2D eigenvalue weighted by molar-refractivity contribution is 6.33. The fourth-order valence-electron chi connectivity index (χ4n) is 2.29. The van der Waals surface area contributed by atoms with Gasteiger partial charge in [-0.1, -0.05) is 17.7 Å². The first-order valence-corrected chi connectivity index (χ1v) is 7.58. The number of unbranched alkanes of at least 4 members (excludes halogenated alkanes) is 1. The van der Waals surface area contributed by atoms with Crippen molar-refractivity contribution in [2.75, 3.05) is 39.4 Å². The minimum absolute atomic E-state index is 0.0765. The van der Waals surface area contributed by atoms with Gasteiger partial charge in [0.25, 0.3) is 5.91 Å². The molecule has 21 heavy (non-hydrogen) atoms. The topological polar surface area (TPSA) is 41.6 Å². The van der Waals surface area contributed by atoms with Gasteiger partial charge in [-0.15, -0.1) is 0 Å². The highest BCUT2D eigenvalue weighted by atomic mass is 35.5. The molecule has 2 rings (SSSR count). The van der Waals surface area contributed by atoms with Crippen LogP contribution < -0.4 is 5.32 Å². The summed E-state index contributed by atoms with van der Waals surface area (Å²) in [6.45, 7) is 5.05. The molecule has 0 spiro atoms. The maximum Gasteiger partial charge on any atom is 0.255 e. The zero-order valence-corrected chi connectivity index (χ0v) is 12.7. The van der Waals surface area contributed by atoms with Crippen LogP contribution in [-0.2, 0) is 4.74 Å². The summed E-state index contributed by atoms with van der Waals surface area (Å²) in [6.07, 6.45) is 1.85. The first-order valence-electron chi connectivity index (χ1n) is 7.21. The molecule has 0 atom stereocenters. The van der Waals surface area contributed by atoms with Gasteiger partial charge < -0.3 is 10.1 Å². The number of benzene rings is 1. The summed E-state index contributed by atoms with van der Waals surface area (Å²) in [5, 5.41) is 2.85. The minimum atomic E-state index is -0.590. The second-order valence-corrected chi connectivity index (χ2v) is 5.42. The van der Waals surface area contributed by atoms with E-state index >= 15 is 0 Å². The molecule has 1 amide bonds. The number of amides is 1. The van der Waals surface area contributed by atoms with Crippen LogP contribution in [0.2, 0.25) is 5.02 Å². The molecule has 1 fully saturated rings. The van der Waals surface area contributed by atoms with Crippen molar-refractivity contribution in [3.05, 3.63) is 34.6 Å². The molecule has 0 aromatic heterocycles. The van der Waals surface area contributed by atoms with Gasteiger partial charge >= 0.3 is 0 Å². The van der Waals surface area contributed by atoms with E-state index in [0.717, 1.165) is 45.7 Å². The van der Waals surface area contributed by atoms with E-state index in [1.807, 2.05) is 0 Å². The van der Waals surface area contributed by atoms with Crippen molar-refractivity contribution < 1.29 is 13.9 Å². The van der Waals surface area contributed by atoms with Crippen molar-refractivity contribution in [3.8, 4) is 0 Å². The van der Waals surface area contributed by atoms with Gasteiger partial charge in [0.2, 0.25) is 0 Å². The Morgan fingerprint density at radius 3 is 2.81 bits per heavy atom. The summed E-state index contributed by atoms with van der Waals surface area (Å²) in [7, 11) is 0. The number of halogens is 2. The normalized spacial score (nSPS) is 15.9. The smallest absolute Gasteiger partial charge is 0.255 e. The monoisotopic (exact) mass is 314 g/mol. The molecule has 0 unspecified atom stereocenters. The Morgan fingerprint density at radius 1 is 1.33 bits per heavy atom. The Morgan fingerprint density at radius 2 is 2.10 bits per heavy atom. The summed E-state index contributed by atoms with van der Waals surface area (Å²) in [4.78, 5) is 14.2. The number of hydrogen-bond acceptors (Lipinski definition) is 3. The Hall–Kier alpha value is -1.17. The highest BCUT2D eigenvalue weighted by Crippen LogP contribution is 2.18. The fraction of sp³-hybridized carbons (Fsp3) is 0.533. The largest absolute Gasteiger partial charge is 0.379 e. The van der Waals surface area contributed by atoms with Crippen molar-refractivity contribution in [1.29, 1.82) is 0 Å². The molecule has 1 N–H and O–H groups in total. The molecule has 1 aromatic carbocycles. The van der Waals surface area contributed by atoms with E-state index < -0.39 is 11.7 Å². The number of carbonyl (C=O) groups excluding carboxylic acids is 1. The number of rotatable bonds is 6. The second-order valence-electron chi connectivity index (χ2n) is 5.01. The number of hydrogen-bond donors (Lipinski definition) is 1. The van der Waals surface area contributed by atoms with E-state index in [-0.39, 0.29) is 10.6 Å². The molecule has 0 saturated carbocycles. The molecule has 0 radical (unpaired) electrons. The lowest BCUT2D eigenvalue weighted by atomic mass is 10.2. The van der Waals surface area contributed by atoms with Gasteiger partial charge in [-0.3, -0.25) is 9.69 Å². The third kappa shape index (κ3) is 4.95. The first-order chi connectivity index (χ1) is 10.2. The molecule has 6 heteroatoms. The van der Waals surface area contributed by atoms with Crippen molar-refractivity contribution >= 4 is 17.5 Å². The minimum Gasteiger partial charge on any atom is -0.379 e. The van der Waals surface area contributed by atoms with Crippen LogP contribution in [0, 0.1) is 5.82 Å². The zero-order chi connectivity index (χ0) is 15.1. The van der Waals surface area contributed by atoms with E-state index in [2.05, 4.69) is 10.2 Å². The molecule has 1 aliphatic heterocycles. The van der Waals surface area contributed by atoms with Gasteiger partial charge in [-0.2, -0.15) is 0 Å². The maximum atomic E-state index is 13.6. The maximum absolute atomic E-state index is 13.6. The van der Waals surface area contributed by atoms with E-state index in [1.54, 1.807) is 0 Å². The lowest BCUT2D eigenvalue weighted by Gasteiger charge is -2.26. The summed E-state index contributed by atoms with van der Waals surface area (Å²) in [6, 6.07) is 4.23. The number of ether oxygens (including phenoxy) is 1. The lowest BCUT2D eigenvalue weighted by Crippen LogP contribution is -2.37. The molecule has 116 valence electrons. The Balaban J connectivity index is 1.67. The van der Waals surface area contributed by atoms with Gasteiger partial charge in [0, 0.05) is 19.6 Å². The highest BCUT2D eigenvalue weighted by Gasteiger charge is 2.15. The van der Waals surface area contributed by atoms with Gasteiger partial charge in [-0.05, 0) is 31.5 Å². The van der Waals surface area contributed by atoms with Crippen LogP contribution in [0.15, 0.2) is 18.2 Å². The molecule has 0 bridgehead atoms. The van der Waals surface area contributed by atoms with Crippen molar-refractivity contribution in [3.63, 3.8) is 0 Å². The lowest BCUT2D eigenvalue weighted by molar-refractivity contribution is 0.0372. The van der Waals surface area contributed by atoms with Crippen LogP contribution in [0.1, 0.15) is 23.2 Å². The van der Waals surface area contributed by atoms with Crippen LogP contribution in [0.5, 0.6) is 0 Å². The molecule has 1 heterocycles. The average Bonchev–Trinajstić information content (AvgIpc) is 2.48. The quantitative estimate of drug-likeness (QED) is 0.819. The molecular weight excluding hydrogens is 295 g/mol. The van der Waals surface area contributed by atoms with Crippen molar-refractivity contribution in [2.24, 2.45) is 0 Å². The van der Waals surface area contributed by atoms with Gasteiger partial charge in [0.05, 0.1) is 23.8 Å². The van der Waals surface area contributed by atoms with Gasteiger partial charge in [0.1, 0.15) is 5.82 Å². The van der Waals surface area contributed by atoms with E-state index in [1.165, 1.54) is 18.2 Å². The van der Waals surface area contributed by atoms with Gasteiger partial charge in [0.15, 0.2) is 0 Å². The number of morpholine rings is 1. The second kappa shape index (κ2) is 8.32. The van der Waals surface area contributed by atoms with E-state index in [4.69, 9.17) is 16.3 Å². The molecule has 1 saturated heterocycles. The van der Waals surface area contributed by atoms with E-state index in [9.17, 15) is 9.18 Å². The predicted octanol–water partition coefficient (Wildman–Crippen LogP) is 2.32. The molecular formula is C15H20ClFN2O2. The standard InChI is InChI=1S/C15H20ClFN2O2/c16-12-4-3-5-13(17)14(12)15(20)18-6-1-2-7-19-8-10-21-11-9-19/h3-5H,1-2,6-11H2,(H,18,20). The van der Waals surface area contributed by atoms with Crippen molar-refractivity contribution in [1.82, 2.24) is 10.2 Å². The van der Waals surface area contributed by atoms with Gasteiger partial charge in [-0.25, -0.2) is 4.39 Å². The average molecular weight is 315 g/mol. The Kier molecular flexibility index (Phi) is 6.42. The number of nitrogens with zero attached hydrogens (tertiary/aromatic N) is 1. The Labute approximate surface area is 129 Å². The van der Waals surface area contributed by atoms with Crippen LogP contribution in [0.3, 0.4) is 0 Å². The number of carbonyl (C=O) groups is 1. The summed E-state index contributed by atoms with van der Waals surface area (Å²) < 4.78 is 18.8. The Bertz CT molecular complexity index is 458. The van der Waals surface area contributed by atoms with Crippen LogP contribution in [0.4, 0.5) is 4.39 Å². The van der Waals surface area contributed by atoms with Crippen LogP contribution in [0.25, 0.3) is 0 Å². The summed E-state index contributed by atoms with van der Waals surface area (Å²) in [5.74, 6) is -1.04. The summed E-state index contributed by atoms with van der Waals surface area (Å²) >= 11 is 5.85. The molecule has 1 aliphatic rings. The van der Waals surface area contributed by atoms with E-state index in [0.29, 0.717) is 6.54 Å². The predicted molar refractivity (Wildman–Crippen MR) is 80.2 cm³/mol. The first kappa shape index (κ1) is 16.2. The molecule has 4 nitrogen and oxygen atoms in total. The fourth-order valence-corrected chi connectivity index (χ4v) is 2.54. The third-order valence-electron chi connectivity index (χ3n) is 3.48. The van der Waals surface area contributed by atoms with Crippen LogP contribution >= 0.6 is 11.6 Å². The SMILES string of the molecule is O=C(NCCCCN1CCOCC1)c1c(F)cccc1Cl. The summed E-state index contributed by atoms with van der Waals surface area (Å²) in [5.41, 5.74) is -0.0765. The van der Waals surface area contributed by atoms with Crippen LogP contribution in [-0.4, -0.2) is 50.2 Å². The number of nitrogens with one attached hydrogen (secondary N) is 1. The van der Waals surface area contributed by atoms with Crippen molar-refractivity contribution in [2.45, 2.75) is 12.8 Å². The zero-order valence-electron chi connectivity index (χ0n) is 11.9. The molecule has 0 aliphatic carbocycles.